The monoisotopic (exact) mass is 409 g/mol. The van der Waals surface area contributed by atoms with Crippen LogP contribution in [0.5, 0.6) is 0 Å². The van der Waals surface area contributed by atoms with Gasteiger partial charge in [0.25, 0.3) is 5.91 Å². The second-order valence-corrected chi connectivity index (χ2v) is 9.26. The number of hydrogen-bond acceptors (Lipinski definition) is 4. The Bertz CT molecular complexity index is 777. The van der Waals surface area contributed by atoms with Crippen LogP contribution in [-0.2, 0) is 14.8 Å². The van der Waals surface area contributed by atoms with Gasteiger partial charge in [-0.15, -0.1) is 0 Å². The second-order valence-electron chi connectivity index (χ2n) is 7.37. The van der Waals surface area contributed by atoms with Gasteiger partial charge < -0.3 is 10.6 Å². The van der Waals surface area contributed by atoms with E-state index in [1.807, 2.05) is 20.8 Å². The van der Waals surface area contributed by atoms with Crippen molar-refractivity contribution in [1.82, 2.24) is 14.9 Å². The number of hydrogen-bond donors (Lipinski definition) is 2. The van der Waals surface area contributed by atoms with E-state index in [9.17, 15) is 18.0 Å². The summed E-state index contributed by atoms with van der Waals surface area (Å²) in [5, 5.41) is 5.53. The van der Waals surface area contributed by atoms with Crippen molar-refractivity contribution in [2.24, 2.45) is 0 Å². The molecule has 0 saturated carbocycles. The van der Waals surface area contributed by atoms with Gasteiger partial charge in [0.15, 0.2) is 0 Å². The third-order valence-electron chi connectivity index (χ3n) is 5.12. The number of piperidine rings is 1. The molecule has 2 rings (SSSR count). The van der Waals surface area contributed by atoms with Gasteiger partial charge in [-0.1, -0.05) is 13.3 Å². The van der Waals surface area contributed by atoms with E-state index in [4.69, 9.17) is 0 Å². The van der Waals surface area contributed by atoms with Crippen molar-refractivity contribution in [3.8, 4) is 0 Å². The highest BCUT2D eigenvalue weighted by Gasteiger charge is 2.30. The van der Waals surface area contributed by atoms with E-state index in [0.29, 0.717) is 12.1 Å². The van der Waals surface area contributed by atoms with Crippen molar-refractivity contribution in [2.75, 3.05) is 13.1 Å². The van der Waals surface area contributed by atoms with Gasteiger partial charge in [0.1, 0.15) is 0 Å². The van der Waals surface area contributed by atoms with Crippen molar-refractivity contribution < 1.29 is 18.0 Å². The highest BCUT2D eigenvalue weighted by molar-refractivity contribution is 7.89. The van der Waals surface area contributed by atoms with Crippen molar-refractivity contribution in [2.45, 2.75) is 69.9 Å². The number of rotatable bonds is 8. The van der Waals surface area contributed by atoms with E-state index in [1.54, 1.807) is 4.31 Å². The first kappa shape index (κ1) is 22.4. The summed E-state index contributed by atoms with van der Waals surface area (Å²) in [5.74, 6) is -0.432. The molecule has 1 aromatic carbocycles. The molecule has 2 amide bonds. The number of nitrogens with zero attached hydrogens (tertiary/aromatic N) is 1. The Balaban J connectivity index is 1.92. The first-order valence-electron chi connectivity index (χ1n) is 9.95. The van der Waals surface area contributed by atoms with Gasteiger partial charge >= 0.3 is 0 Å². The minimum absolute atomic E-state index is 0.0108. The predicted molar refractivity (Wildman–Crippen MR) is 108 cm³/mol. The van der Waals surface area contributed by atoms with Gasteiger partial charge in [-0.05, 0) is 57.4 Å². The molecule has 1 fully saturated rings. The number of sulfonamides is 1. The van der Waals surface area contributed by atoms with E-state index in [0.717, 1.165) is 25.7 Å². The third-order valence-corrected chi connectivity index (χ3v) is 7.15. The van der Waals surface area contributed by atoms with Gasteiger partial charge in [-0.2, -0.15) is 4.31 Å². The van der Waals surface area contributed by atoms with Crippen LogP contribution in [0.25, 0.3) is 0 Å². The average molecular weight is 410 g/mol. The van der Waals surface area contributed by atoms with Crippen LogP contribution in [0.2, 0.25) is 0 Å². The molecule has 0 aromatic heterocycles. The van der Waals surface area contributed by atoms with E-state index in [-0.39, 0.29) is 41.8 Å². The molecule has 7 nitrogen and oxygen atoms in total. The molecule has 2 N–H and O–H groups in total. The molecule has 2 unspecified atom stereocenters. The zero-order valence-corrected chi connectivity index (χ0v) is 17.7. The predicted octanol–water partition coefficient (Wildman–Crippen LogP) is 2.28. The minimum Gasteiger partial charge on any atom is -0.354 e. The highest BCUT2D eigenvalue weighted by Crippen LogP contribution is 2.25. The number of benzene rings is 1. The van der Waals surface area contributed by atoms with Gasteiger partial charge in [0, 0.05) is 37.2 Å². The van der Waals surface area contributed by atoms with Crippen LogP contribution < -0.4 is 10.6 Å². The number of carbonyl (C=O) groups excluding carboxylic acids is 2. The lowest BCUT2D eigenvalue weighted by molar-refractivity contribution is -0.121. The SMILES string of the molecule is CCC(C)NC(=O)CCNC(=O)c1ccc(S(=O)(=O)N2CCCCC2C)cc1. The molecule has 0 spiro atoms. The molecule has 8 heteroatoms. The molecule has 1 aromatic rings. The minimum atomic E-state index is -3.55. The Morgan fingerprint density at radius 2 is 1.89 bits per heavy atom. The molecule has 1 heterocycles. The summed E-state index contributed by atoms with van der Waals surface area (Å²) < 4.78 is 27.2. The van der Waals surface area contributed by atoms with E-state index in [1.165, 1.54) is 24.3 Å². The summed E-state index contributed by atoms with van der Waals surface area (Å²) in [6, 6.07) is 6.07. The molecule has 1 aliphatic heterocycles. The van der Waals surface area contributed by atoms with Gasteiger partial charge in [0.2, 0.25) is 15.9 Å². The molecule has 2 atom stereocenters. The van der Waals surface area contributed by atoms with Gasteiger partial charge in [-0.25, -0.2) is 8.42 Å². The maximum absolute atomic E-state index is 12.8. The van der Waals surface area contributed by atoms with Crippen molar-refractivity contribution >= 4 is 21.8 Å². The smallest absolute Gasteiger partial charge is 0.251 e. The first-order valence-corrected chi connectivity index (χ1v) is 11.4. The summed E-state index contributed by atoms with van der Waals surface area (Å²) in [6.07, 6.45) is 3.83. The number of amides is 2. The normalized spacial score (nSPS) is 19.0. The Kier molecular flexibility index (Phi) is 8.00. The first-order chi connectivity index (χ1) is 13.3. The molecule has 0 radical (unpaired) electrons. The average Bonchev–Trinajstić information content (AvgIpc) is 2.68. The van der Waals surface area contributed by atoms with Crippen molar-refractivity contribution in [3.05, 3.63) is 29.8 Å². The highest BCUT2D eigenvalue weighted by atomic mass is 32.2. The van der Waals surface area contributed by atoms with Crippen LogP contribution >= 0.6 is 0 Å². The van der Waals surface area contributed by atoms with E-state index < -0.39 is 10.0 Å². The molecule has 1 saturated heterocycles. The Labute approximate surface area is 167 Å². The summed E-state index contributed by atoms with van der Waals surface area (Å²) in [6.45, 7) is 6.60. The van der Waals surface area contributed by atoms with Crippen LogP contribution in [0.4, 0.5) is 0 Å². The molecular weight excluding hydrogens is 378 g/mol. The van der Waals surface area contributed by atoms with Gasteiger partial charge in [0.05, 0.1) is 4.90 Å². The summed E-state index contributed by atoms with van der Waals surface area (Å²) in [7, 11) is -3.55. The Morgan fingerprint density at radius 3 is 2.50 bits per heavy atom. The quantitative estimate of drug-likeness (QED) is 0.689. The lowest BCUT2D eigenvalue weighted by Gasteiger charge is -2.32. The zero-order chi connectivity index (χ0) is 20.7. The largest absolute Gasteiger partial charge is 0.354 e. The second kappa shape index (κ2) is 10.0. The fourth-order valence-electron chi connectivity index (χ4n) is 3.18. The number of carbonyl (C=O) groups is 2. The van der Waals surface area contributed by atoms with Crippen LogP contribution in [0.15, 0.2) is 29.2 Å². The van der Waals surface area contributed by atoms with Crippen LogP contribution in [-0.4, -0.2) is 49.7 Å². The van der Waals surface area contributed by atoms with E-state index >= 15 is 0 Å². The zero-order valence-electron chi connectivity index (χ0n) is 16.9. The lowest BCUT2D eigenvalue weighted by Crippen LogP contribution is -2.41. The maximum atomic E-state index is 12.8. The summed E-state index contributed by atoms with van der Waals surface area (Å²) >= 11 is 0. The van der Waals surface area contributed by atoms with Crippen molar-refractivity contribution in [3.63, 3.8) is 0 Å². The lowest BCUT2D eigenvalue weighted by atomic mass is 10.1. The maximum Gasteiger partial charge on any atom is 0.251 e. The Hall–Kier alpha value is -1.93. The number of nitrogens with one attached hydrogen (secondary N) is 2. The van der Waals surface area contributed by atoms with Crippen LogP contribution in [0.3, 0.4) is 0 Å². The summed E-state index contributed by atoms with van der Waals surface area (Å²) in [5.41, 5.74) is 0.368. The molecule has 156 valence electrons. The third kappa shape index (κ3) is 5.78. The standard InChI is InChI=1S/C20H31N3O4S/c1-4-15(2)22-19(24)12-13-21-20(25)17-8-10-18(11-9-17)28(26,27)23-14-6-5-7-16(23)3/h8-11,15-16H,4-7,12-14H2,1-3H3,(H,21,25)(H,22,24). The van der Waals surface area contributed by atoms with Crippen LogP contribution in [0, 0.1) is 0 Å². The summed E-state index contributed by atoms with van der Waals surface area (Å²) in [4.78, 5) is 24.1. The fraction of sp³-hybridized carbons (Fsp3) is 0.600. The topological polar surface area (TPSA) is 95.6 Å². The molecular formula is C20H31N3O4S. The Morgan fingerprint density at radius 1 is 1.21 bits per heavy atom. The molecule has 28 heavy (non-hydrogen) atoms. The van der Waals surface area contributed by atoms with Crippen LogP contribution in [0.1, 0.15) is 63.2 Å². The fourth-order valence-corrected chi connectivity index (χ4v) is 4.88. The van der Waals surface area contributed by atoms with Gasteiger partial charge in [-0.3, -0.25) is 9.59 Å². The molecule has 0 aliphatic carbocycles. The molecule has 1 aliphatic rings. The van der Waals surface area contributed by atoms with Crippen molar-refractivity contribution in [1.29, 1.82) is 0 Å². The van der Waals surface area contributed by atoms with E-state index in [2.05, 4.69) is 10.6 Å². The molecule has 0 bridgehead atoms.